The molecule has 0 saturated heterocycles. The third-order valence-electron chi connectivity index (χ3n) is 3.59. The second-order valence-electron chi connectivity index (χ2n) is 5.49. The first-order valence-electron chi connectivity index (χ1n) is 7.50. The van der Waals surface area contributed by atoms with E-state index in [0.717, 1.165) is 22.3 Å². The molecule has 0 N–H and O–H groups in total. The lowest BCUT2D eigenvalue weighted by Crippen LogP contribution is -1.81. The predicted octanol–water partition coefficient (Wildman–Crippen LogP) is 4.07. The molecule has 0 saturated carbocycles. The molecule has 0 bridgehead atoms. The minimum atomic E-state index is 0.472. The molecule has 0 aliphatic carbocycles. The second-order valence-corrected chi connectivity index (χ2v) is 5.49. The maximum atomic E-state index is 5.79. The highest BCUT2D eigenvalue weighted by Crippen LogP contribution is 2.26. The highest BCUT2D eigenvalue weighted by molar-refractivity contribution is 5.62. The number of aromatic nitrogens is 4. The van der Waals surface area contributed by atoms with Crippen LogP contribution in [0.5, 0.6) is 0 Å². The summed E-state index contributed by atoms with van der Waals surface area (Å²) in [5, 5.41) is 16.1. The van der Waals surface area contributed by atoms with Gasteiger partial charge in [0.05, 0.1) is 0 Å². The zero-order valence-electron chi connectivity index (χ0n) is 13.2. The lowest BCUT2D eigenvalue weighted by Gasteiger charge is -1.98. The van der Waals surface area contributed by atoms with Crippen LogP contribution in [0.4, 0.5) is 0 Å². The van der Waals surface area contributed by atoms with Gasteiger partial charge in [-0.1, -0.05) is 17.7 Å². The number of rotatable bonds is 3. The Bertz CT molecular complexity index is 986. The maximum absolute atomic E-state index is 5.79. The Balaban J connectivity index is 1.63. The highest BCUT2D eigenvalue weighted by atomic mass is 16.4. The number of aryl methyl sites for hydroxylation is 2. The molecule has 4 rings (SSSR count). The van der Waals surface area contributed by atoms with Crippen molar-refractivity contribution in [2.24, 2.45) is 0 Å². The van der Waals surface area contributed by atoms with Gasteiger partial charge >= 0.3 is 0 Å². The van der Waals surface area contributed by atoms with E-state index >= 15 is 0 Å². The number of hydrogen-bond donors (Lipinski definition) is 0. The standard InChI is InChI=1S/C18H14N4O2/c1-11-4-3-5-15(10-11)18-22-21-17(24-18)14-8-6-13(7-9-14)16-20-19-12(2)23-16/h3-10H,1-2H3. The molecular formula is C18H14N4O2. The van der Waals surface area contributed by atoms with Crippen LogP contribution in [-0.2, 0) is 0 Å². The average Bonchev–Trinajstić information content (AvgIpc) is 3.24. The maximum Gasteiger partial charge on any atom is 0.248 e. The fraction of sp³-hybridized carbons (Fsp3) is 0.111. The Morgan fingerprint density at radius 2 is 1.21 bits per heavy atom. The summed E-state index contributed by atoms with van der Waals surface area (Å²) in [6.45, 7) is 3.79. The summed E-state index contributed by atoms with van der Waals surface area (Å²) >= 11 is 0. The number of nitrogens with zero attached hydrogens (tertiary/aromatic N) is 4. The molecule has 0 atom stereocenters. The van der Waals surface area contributed by atoms with Crippen molar-refractivity contribution in [3.05, 3.63) is 60.0 Å². The Kier molecular flexibility index (Phi) is 3.42. The Morgan fingerprint density at radius 1 is 0.625 bits per heavy atom. The van der Waals surface area contributed by atoms with E-state index in [1.165, 1.54) is 0 Å². The molecule has 0 amide bonds. The van der Waals surface area contributed by atoms with Gasteiger partial charge in [0.1, 0.15) is 0 Å². The topological polar surface area (TPSA) is 77.8 Å². The Morgan fingerprint density at radius 3 is 1.79 bits per heavy atom. The van der Waals surface area contributed by atoms with Gasteiger partial charge in [-0.25, -0.2) is 0 Å². The van der Waals surface area contributed by atoms with Crippen LogP contribution in [0.15, 0.2) is 57.4 Å². The van der Waals surface area contributed by atoms with Crippen LogP contribution in [0, 0.1) is 13.8 Å². The molecule has 118 valence electrons. The molecule has 2 aromatic carbocycles. The molecule has 2 heterocycles. The summed E-state index contributed by atoms with van der Waals surface area (Å²) in [7, 11) is 0. The van der Waals surface area contributed by atoms with Crippen molar-refractivity contribution in [2.45, 2.75) is 13.8 Å². The van der Waals surface area contributed by atoms with Crippen LogP contribution in [-0.4, -0.2) is 20.4 Å². The summed E-state index contributed by atoms with van der Waals surface area (Å²) in [6, 6.07) is 15.5. The summed E-state index contributed by atoms with van der Waals surface area (Å²) in [5.74, 6) is 2.00. The molecular weight excluding hydrogens is 304 g/mol. The summed E-state index contributed by atoms with van der Waals surface area (Å²) in [5.41, 5.74) is 3.73. The van der Waals surface area contributed by atoms with E-state index in [1.54, 1.807) is 6.92 Å². The average molecular weight is 318 g/mol. The van der Waals surface area contributed by atoms with Gasteiger partial charge in [-0.3, -0.25) is 0 Å². The lowest BCUT2D eigenvalue weighted by molar-refractivity contribution is 0.532. The van der Waals surface area contributed by atoms with Crippen molar-refractivity contribution in [3.63, 3.8) is 0 Å². The van der Waals surface area contributed by atoms with Gasteiger partial charge in [0, 0.05) is 23.6 Å². The van der Waals surface area contributed by atoms with Crippen molar-refractivity contribution in [3.8, 4) is 34.4 Å². The van der Waals surface area contributed by atoms with E-state index in [9.17, 15) is 0 Å². The number of hydrogen-bond acceptors (Lipinski definition) is 6. The molecule has 24 heavy (non-hydrogen) atoms. The third-order valence-corrected chi connectivity index (χ3v) is 3.59. The Hall–Kier alpha value is -3.28. The van der Waals surface area contributed by atoms with Crippen LogP contribution in [0.3, 0.4) is 0 Å². The minimum absolute atomic E-state index is 0.472. The molecule has 0 spiro atoms. The summed E-state index contributed by atoms with van der Waals surface area (Å²) in [6.07, 6.45) is 0. The van der Waals surface area contributed by atoms with Gasteiger partial charge in [-0.2, -0.15) is 0 Å². The molecule has 4 aromatic rings. The van der Waals surface area contributed by atoms with E-state index in [-0.39, 0.29) is 0 Å². The van der Waals surface area contributed by atoms with Crippen LogP contribution in [0.1, 0.15) is 11.5 Å². The van der Waals surface area contributed by atoms with E-state index in [2.05, 4.69) is 20.4 Å². The van der Waals surface area contributed by atoms with Crippen molar-refractivity contribution >= 4 is 0 Å². The smallest absolute Gasteiger partial charge is 0.248 e. The summed E-state index contributed by atoms with van der Waals surface area (Å²) in [4.78, 5) is 0. The van der Waals surface area contributed by atoms with Crippen molar-refractivity contribution in [1.29, 1.82) is 0 Å². The van der Waals surface area contributed by atoms with Gasteiger partial charge in [0.25, 0.3) is 0 Å². The van der Waals surface area contributed by atoms with Gasteiger partial charge in [0.15, 0.2) is 0 Å². The van der Waals surface area contributed by atoms with E-state index < -0.39 is 0 Å². The van der Waals surface area contributed by atoms with Crippen molar-refractivity contribution < 1.29 is 8.83 Å². The second kappa shape index (κ2) is 5.73. The first kappa shape index (κ1) is 14.3. The zero-order valence-corrected chi connectivity index (χ0v) is 13.2. The van der Waals surface area contributed by atoms with Crippen molar-refractivity contribution in [1.82, 2.24) is 20.4 Å². The Labute approximate surface area is 138 Å². The fourth-order valence-electron chi connectivity index (χ4n) is 2.40. The molecule has 0 aliphatic heterocycles. The first-order chi connectivity index (χ1) is 11.7. The lowest BCUT2D eigenvalue weighted by atomic mass is 10.1. The zero-order chi connectivity index (χ0) is 16.5. The van der Waals surface area contributed by atoms with Gasteiger partial charge in [0.2, 0.25) is 23.6 Å². The minimum Gasteiger partial charge on any atom is -0.421 e. The normalized spacial score (nSPS) is 10.9. The van der Waals surface area contributed by atoms with Gasteiger partial charge in [-0.05, 0) is 43.3 Å². The van der Waals surface area contributed by atoms with E-state index in [1.807, 2.05) is 55.5 Å². The van der Waals surface area contributed by atoms with Gasteiger partial charge < -0.3 is 8.83 Å². The van der Waals surface area contributed by atoms with Gasteiger partial charge in [-0.15, -0.1) is 20.4 Å². The molecule has 0 aliphatic rings. The summed E-state index contributed by atoms with van der Waals surface area (Å²) < 4.78 is 11.2. The predicted molar refractivity (Wildman–Crippen MR) is 87.9 cm³/mol. The third kappa shape index (κ3) is 2.69. The van der Waals surface area contributed by atoms with E-state index in [0.29, 0.717) is 23.6 Å². The van der Waals surface area contributed by atoms with Crippen LogP contribution in [0.25, 0.3) is 34.4 Å². The molecule has 6 heteroatoms. The molecule has 6 nitrogen and oxygen atoms in total. The quantitative estimate of drug-likeness (QED) is 0.566. The molecule has 2 aromatic heterocycles. The molecule has 0 radical (unpaired) electrons. The number of benzene rings is 2. The largest absolute Gasteiger partial charge is 0.421 e. The van der Waals surface area contributed by atoms with Crippen LogP contribution in [0.2, 0.25) is 0 Å². The molecule has 0 fully saturated rings. The monoisotopic (exact) mass is 318 g/mol. The van der Waals surface area contributed by atoms with E-state index in [4.69, 9.17) is 8.83 Å². The first-order valence-corrected chi connectivity index (χ1v) is 7.50. The van der Waals surface area contributed by atoms with Crippen LogP contribution >= 0.6 is 0 Å². The van der Waals surface area contributed by atoms with Crippen LogP contribution < -0.4 is 0 Å². The SMILES string of the molecule is Cc1cccc(-c2nnc(-c3ccc(-c4nnc(C)o4)cc3)o2)c1. The highest BCUT2D eigenvalue weighted by Gasteiger charge is 2.12. The molecule has 0 unspecified atom stereocenters. The van der Waals surface area contributed by atoms with Crippen molar-refractivity contribution in [2.75, 3.05) is 0 Å². The fourth-order valence-corrected chi connectivity index (χ4v) is 2.40.